The van der Waals surface area contributed by atoms with Gasteiger partial charge in [-0.15, -0.1) is 0 Å². The van der Waals surface area contributed by atoms with E-state index in [4.69, 9.17) is 9.31 Å². The average Bonchev–Trinajstić information content (AvgIpc) is 2.96. The van der Waals surface area contributed by atoms with Crippen molar-refractivity contribution in [3.05, 3.63) is 82.5 Å². The molecule has 1 aliphatic rings. The van der Waals surface area contributed by atoms with Gasteiger partial charge in [-0.1, -0.05) is 22.0 Å². The van der Waals surface area contributed by atoms with E-state index in [1.807, 2.05) is 27.7 Å². The van der Waals surface area contributed by atoms with Crippen LogP contribution in [0.15, 0.2) is 60.0 Å². The van der Waals surface area contributed by atoms with Crippen molar-refractivity contribution in [3.63, 3.8) is 0 Å². The van der Waals surface area contributed by atoms with Crippen LogP contribution >= 0.6 is 15.9 Å². The maximum atomic E-state index is 11.9. The van der Waals surface area contributed by atoms with Crippen LogP contribution in [0.3, 0.4) is 0 Å². The lowest BCUT2D eigenvalue weighted by Crippen LogP contribution is -2.41. The first-order valence-electron chi connectivity index (χ1n) is 10.4. The molecule has 4 aromatic rings. The van der Waals surface area contributed by atoms with Crippen molar-refractivity contribution >= 4 is 50.3 Å². The fourth-order valence-corrected chi connectivity index (χ4v) is 3.81. The van der Waals surface area contributed by atoms with Gasteiger partial charge in [0.1, 0.15) is 0 Å². The Bertz CT molecular complexity index is 1620. The maximum absolute atomic E-state index is 11.9. The van der Waals surface area contributed by atoms with Gasteiger partial charge in [0.25, 0.3) is 11.1 Å². The molecular formula is C22H22BBrN4O6. The van der Waals surface area contributed by atoms with Gasteiger partial charge in [0.2, 0.25) is 0 Å². The summed E-state index contributed by atoms with van der Waals surface area (Å²) < 4.78 is 12.7. The number of H-pyrrole nitrogens is 4. The minimum atomic E-state index is -0.536. The Morgan fingerprint density at radius 1 is 0.706 bits per heavy atom. The van der Waals surface area contributed by atoms with Crippen molar-refractivity contribution < 1.29 is 9.31 Å². The third-order valence-electron chi connectivity index (χ3n) is 5.99. The highest BCUT2D eigenvalue weighted by Crippen LogP contribution is 2.36. The minimum absolute atomic E-state index is 0.375. The van der Waals surface area contributed by atoms with Gasteiger partial charge in [-0.05, 0) is 63.5 Å². The standard InChI is InChI=1S/C14H17BN2O4.C8H5BrN2O2/c1-13(2)14(3,4)21-15(20-13)8-5-6-10-9(7-8)11(18)17-12(19)16-10;9-4-1-2-6-5(3-4)7(12)11-8(13)10-6/h5-7H,1-4H3,(H2,16,17,18,19);1-3H,(H2,10,11,12,13). The molecule has 1 aliphatic heterocycles. The summed E-state index contributed by atoms with van der Waals surface area (Å²) in [7, 11) is -0.536. The van der Waals surface area contributed by atoms with Crippen LogP contribution in [0.25, 0.3) is 21.8 Å². The second kappa shape index (κ2) is 8.53. The fourth-order valence-electron chi connectivity index (χ4n) is 3.45. The molecule has 0 bridgehead atoms. The van der Waals surface area contributed by atoms with Crippen LogP contribution in [0.4, 0.5) is 0 Å². The molecule has 0 amide bonds. The lowest BCUT2D eigenvalue weighted by atomic mass is 9.78. The number of nitrogens with one attached hydrogen (secondary N) is 4. The highest BCUT2D eigenvalue weighted by Gasteiger charge is 2.51. The molecule has 3 heterocycles. The van der Waals surface area contributed by atoms with E-state index in [0.717, 1.165) is 9.94 Å². The normalized spacial score (nSPS) is 16.4. The Hall–Kier alpha value is -3.22. The molecule has 5 rings (SSSR count). The molecule has 0 atom stereocenters. The van der Waals surface area contributed by atoms with Crippen molar-refractivity contribution in [2.45, 2.75) is 38.9 Å². The molecule has 4 N–H and O–H groups in total. The Morgan fingerprint density at radius 2 is 1.18 bits per heavy atom. The summed E-state index contributed by atoms with van der Waals surface area (Å²) in [6.45, 7) is 7.88. The summed E-state index contributed by atoms with van der Waals surface area (Å²) in [6.07, 6.45) is 0. The lowest BCUT2D eigenvalue weighted by Gasteiger charge is -2.32. The zero-order valence-electron chi connectivity index (χ0n) is 18.9. The van der Waals surface area contributed by atoms with Gasteiger partial charge < -0.3 is 19.3 Å². The van der Waals surface area contributed by atoms with E-state index in [9.17, 15) is 19.2 Å². The number of hydrogen-bond acceptors (Lipinski definition) is 6. The number of halogens is 1. The molecule has 0 aliphatic carbocycles. The Labute approximate surface area is 201 Å². The van der Waals surface area contributed by atoms with E-state index in [-0.39, 0.29) is 5.56 Å². The van der Waals surface area contributed by atoms with Gasteiger partial charge in [0, 0.05) is 4.47 Å². The van der Waals surface area contributed by atoms with Crippen LogP contribution in [0, 0.1) is 0 Å². The predicted molar refractivity (Wildman–Crippen MR) is 134 cm³/mol. The first-order chi connectivity index (χ1) is 15.9. The van der Waals surface area contributed by atoms with E-state index >= 15 is 0 Å². The number of fused-ring (bicyclic) bond motifs is 2. The number of hydrogen-bond donors (Lipinski definition) is 4. The second-order valence-corrected chi connectivity index (χ2v) is 9.82. The first-order valence-corrected chi connectivity index (χ1v) is 11.2. The second-order valence-electron chi connectivity index (χ2n) is 8.90. The Kier molecular flexibility index (Phi) is 6.00. The van der Waals surface area contributed by atoms with E-state index in [1.54, 1.807) is 36.4 Å². The lowest BCUT2D eigenvalue weighted by molar-refractivity contribution is 0.00578. The third-order valence-corrected chi connectivity index (χ3v) is 6.48. The largest absolute Gasteiger partial charge is 0.494 e. The Morgan fingerprint density at radius 3 is 1.71 bits per heavy atom. The highest BCUT2D eigenvalue weighted by atomic mass is 79.9. The minimum Gasteiger partial charge on any atom is -0.399 e. The first kappa shape index (κ1) is 23.9. The van der Waals surface area contributed by atoms with Gasteiger partial charge in [0.15, 0.2) is 0 Å². The summed E-state index contributed by atoms with van der Waals surface area (Å²) >= 11 is 3.24. The summed E-state index contributed by atoms with van der Waals surface area (Å²) in [5, 5.41) is 0.871. The predicted octanol–water partition coefficient (Wildman–Crippen LogP) is 1.49. The summed E-state index contributed by atoms with van der Waals surface area (Å²) in [5.41, 5.74) is -0.906. The van der Waals surface area contributed by atoms with E-state index in [2.05, 4.69) is 35.9 Å². The maximum Gasteiger partial charge on any atom is 0.494 e. The number of rotatable bonds is 1. The molecule has 2 aromatic carbocycles. The van der Waals surface area contributed by atoms with Crippen molar-refractivity contribution in [2.75, 3.05) is 0 Å². The SMILES string of the molecule is CC1(C)OB(c2ccc3[nH]c(=O)[nH]c(=O)c3c2)OC1(C)C.O=c1[nH]c(=O)c2cc(Br)ccc2[nH]1. The van der Waals surface area contributed by atoms with Crippen LogP contribution in [-0.2, 0) is 9.31 Å². The number of benzene rings is 2. The van der Waals surface area contributed by atoms with Crippen molar-refractivity contribution in [1.82, 2.24) is 19.9 Å². The van der Waals surface area contributed by atoms with Crippen LogP contribution in [0.2, 0.25) is 0 Å². The fraction of sp³-hybridized carbons (Fsp3) is 0.273. The Balaban J connectivity index is 0.000000180. The van der Waals surface area contributed by atoms with Crippen molar-refractivity contribution in [3.8, 4) is 0 Å². The summed E-state index contributed by atoms with van der Waals surface area (Å²) in [6, 6.07) is 10.3. The van der Waals surface area contributed by atoms with Crippen LogP contribution in [-0.4, -0.2) is 38.3 Å². The number of aromatic amines is 4. The van der Waals surface area contributed by atoms with Gasteiger partial charge in [-0.25, -0.2) is 9.59 Å². The van der Waals surface area contributed by atoms with Gasteiger partial charge >= 0.3 is 18.5 Å². The molecular weight excluding hydrogens is 507 g/mol. The molecule has 34 heavy (non-hydrogen) atoms. The third kappa shape index (κ3) is 4.56. The molecule has 0 saturated carbocycles. The molecule has 1 fully saturated rings. The van der Waals surface area contributed by atoms with Crippen LogP contribution in [0.5, 0.6) is 0 Å². The molecule has 176 valence electrons. The zero-order chi connectivity index (χ0) is 24.8. The van der Waals surface area contributed by atoms with E-state index < -0.39 is 35.3 Å². The highest BCUT2D eigenvalue weighted by molar-refractivity contribution is 9.10. The van der Waals surface area contributed by atoms with E-state index in [0.29, 0.717) is 21.8 Å². The molecule has 0 spiro atoms. The van der Waals surface area contributed by atoms with Gasteiger partial charge in [-0.3, -0.25) is 19.6 Å². The topological polar surface area (TPSA) is 150 Å². The van der Waals surface area contributed by atoms with Gasteiger partial charge in [0.05, 0.1) is 33.0 Å². The van der Waals surface area contributed by atoms with Crippen molar-refractivity contribution in [1.29, 1.82) is 0 Å². The number of aromatic nitrogens is 4. The molecule has 0 unspecified atom stereocenters. The van der Waals surface area contributed by atoms with Gasteiger partial charge in [-0.2, -0.15) is 0 Å². The molecule has 2 aromatic heterocycles. The van der Waals surface area contributed by atoms with Crippen LogP contribution in [0.1, 0.15) is 27.7 Å². The molecule has 0 radical (unpaired) electrons. The molecule has 12 heteroatoms. The zero-order valence-corrected chi connectivity index (χ0v) is 20.5. The molecule has 10 nitrogen and oxygen atoms in total. The smallest absolute Gasteiger partial charge is 0.399 e. The molecule has 1 saturated heterocycles. The monoisotopic (exact) mass is 528 g/mol. The quantitative estimate of drug-likeness (QED) is 0.275. The van der Waals surface area contributed by atoms with Crippen LogP contribution < -0.4 is 28.0 Å². The summed E-state index contributed by atoms with van der Waals surface area (Å²) in [5.74, 6) is 0. The van der Waals surface area contributed by atoms with E-state index in [1.165, 1.54) is 0 Å². The average molecular weight is 529 g/mol. The summed E-state index contributed by atoms with van der Waals surface area (Å²) in [4.78, 5) is 54.7. The van der Waals surface area contributed by atoms with Crippen molar-refractivity contribution in [2.24, 2.45) is 0 Å².